The summed E-state index contributed by atoms with van der Waals surface area (Å²) in [6, 6.07) is 9.91. The molecule has 0 bridgehead atoms. The van der Waals surface area contributed by atoms with Crippen LogP contribution in [0.4, 0.5) is 10.5 Å². The minimum absolute atomic E-state index is 0.319. The number of benzene rings is 1. The topological polar surface area (TPSA) is 42.4 Å². The van der Waals surface area contributed by atoms with E-state index < -0.39 is 0 Å². The molecule has 0 saturated heterocycles. The largest absolute Gasteiger partial charge is 0.452 e. The van der Waals surface area contributed by atoms with Gasteiger partial charge in [-0.25, -0.2) is 4.79 Å². The Labute approximate surface area is 98.8 Å². The fourth-order valence-electron chi connectivity index (χ4n) is 2.20. The first-order valence-electron chi connectivity index (χ1n) is 5.54. The van der Waals surface area contributed by atoms with Crippen LogP contribution in [-0.4, -0.2) is 24.7 Å². The van der Waals surface area contributed by atoms with Crippen molar-refractivity contribution in [1.82, 2.24) is 4.98 Å². The van der Waals surface area contributed by atoms with Crippen molar-refractivity contribution in [2.45, 2.75) is 6.42 Å². The average molecular weight is 228 g/mol. The summed E-state index contributed by atoms with van der Waals surface area (Å²) < 4.78 is 4.76. The van der Waals surface area contributed by atoms with Crippen molar-refractivity contribution in [3.63, 3.8) is 0 Å². The number of anilines is 1. The Morgan fingerprint density at radius 3 is 3.06 bits per heavy atom. The fourth-order valence-corrected chi connectivity index (χ4v) is 2.20. The van der Waals surface area contributed by atoms with Gasteiger partial charge in [-0.3, -0.25) is 9.88 Å². The molecule has 86 valence electrons. The number of pyridine rings is 1. The summed E-state index contributed by atoms with van der Waals surface area (Å²) in [5.74, 6) is 0. The van der Waals surface area contributed by atoms with Gasteiger partial charge in [0.15, 0.2) is 0 Å². The maximum absolute atomic E-state index is 11.6. The van der Waals surface area contributed by atoms with Crippen molar-refractivity contribution in [2.75, 3.05) is 18.6 Å². The number of ether oxygens (including phenoxy) is 1. The van der Waals surface area contributed by atoms with Crippen LogP contribution in [0, 0.1) is 0 Å². The maximum atomic E-state index is 11.6. The minimum atomic E-state index is -0.319. The van der Waals surface area contributed by atoms with Crippen molar-refractivity contribution < 1.29 is 9.53 Å². The van der Waals surface area contributed by atoms with E-state index in [0.29, 0.717) is 6.54 Å². The number of para-hydroxylation sites is 1. The second-order valence-electron chi connectivity index (χ2n) is 4.02. The van der Waals surface area contributed by atoms with Crippen LogP contribution >= 0.6 is 0 Å². The summed E-state index contributed by atoms with van der Waals surface area (Å²) >= 11 is 0. The van der Waals surface area contributed by atoms with E-state index in [1.165, 1.54) is 7.11 Å². The molecule has 0 atom stereocenters. The minimum Gasteiger partial charge on any atom is -0.452 e. The molecule has 0 fully saturated rings. The molecular weight excluding hydrogens is 216 g/mol. The monoisotopic (exact) mass is 228 g/mol. The number of nitrogens with zero attached hydrogens (tertiary/aromatic N) is 2. The lowest BCUT2D eigenvalue weighted by Gasteiger charge is -2.15. The van der Waals surface area contributed by atoms with Crippen LogP contribution in [0.5, 0.6) is 0 Å². The standard InChI is InChI=1S/C13H12N2O2/c1-17-13(16)15-7-6-11-12(15)8-9-4-2-3-5-10(9)14-11/h2-5,8H,6-7H2,1H3. The maximum Gasteiger partial charge on any atom is 0.414 e. The molecule has 17 heavy (non-hydrogen) atoms. The number of carbonyl (C=O) groups is 1. The SMILES string of the molecule is COC(=O)N1CCc2nc3ccccc3cc21. The summed E-state index contributed by atoms with van der Waals surface area (Å²) in [6.07, 6.45) is 0.468. The Morgan fingerprint density at radius 2 is 2.24 bits per heavy atom. The zero-order valence-electron chi connectivity index (χ0n) is 9.51. The zero-order chi connectivity index (χ0) is 11.8. The Hall–Kier alpha value is -2.10. The normalized spacial score (nSPS) is 13.8. The number of methoxy groups -OCH3 is 1. The highest BCUT2D eigenvalue weighted by Gasteiger charge is 2.26. The van der Waals surface area contributed by atoms with Gasteiger partial charge in [-0.15, -0.1) is 0 Å². The molecule has 3 rings (SSSR count). The first-order chi connectivity index (χ1) is 8.29. The number of aromatic nitrogens is 1. The van der Waals surface area contributed by atoms with Crippen LogP contribution in [0.25, 0.3) is 10.9 Å². The Morgan fingerprint density at radius 1 is 1.41 bits per heavy atom. The van der Waals surface area contributed by atoms with Gasteiger partial charge in [-0.2, -0.15) is 0 Å². The highest BCUT2D eigenvalue weighted by atomic mass is 16.5. The number of fused-ring (bicyclic) bond motifs is 2. The van der Waals surface area contributed by atoms with Crippen LogP contribution < -0.4 is 4.90 Å². The lowest BCUT2D eigenvalue weighted by molar-refractivity contribution is 0.179. The van der Waals surface area contributed by atoms with Crippen LogP contribution in [0.1, 0.15) is 5.69 Å². The van der Waals surface area contributed by atoms with Crippen molar-refractivity contribution >= 4 is 22.7 Å². The first-order valence-corrected chi connectivity index (χ1v) is 5.54. The molecule has 1 aromatic carbocycles. The van der Waals surface area contributed by atoms with Crippen molar-refractivity contribution in [3.8, 4) is 0 Å². The van der Waals surface area contributed by atoms with E-state index in [0.717, 1.165) is 28.7 Å². The lowest BCUT2D eigenvalue weighted by atomic mass is 10.2. The quantitative estimate of drug-likeness (QED) is 0.695. The molecule has 2 aromatic rings. The van der Waals surface area contributed by atoms with Gasteiger partial charge in [0, 0.05) is 18.4 Å². The van der Waals surface area contributed by atoms with Gasteiger partial charge in [-0.1, -0.05) is 18.2 Å². The van der Waals surface area contributed by atoms with Gasteiger partial charge in [0.2, 0.25) is 0 Å². The second-order valence-corrected chi connectivity index (χ2v) is 4.02. The molecule has 1 amide bonds. The highest BCUT2D eigenvalue weighted by molar-refractivity contribution is 5.93. The molecule has 0 aliphatic carbocycles. The van der Waals surface area contributed by atoms with Crippen LogP contribution in [0.2, 0.25) is 0 Å². The molecule has 0 spiro atoms. The molecule has 0 N–H and O–H groups in total. The predicted molar refractivity (Wildman–Crippen MR) is 65.2 cm³/mol. The van der Waals surface area contributed by atoms with Gasteiger partial charge in [0.25, 0.3) is 0 Å². The summed E-state index contributed by atoms with van der Waals surface area (Å²) in [7, 11) is 1.40. The van der Waals surface area contributed by atoms with Gasteiger partial charge < -0.3 is 4.74 Å². The fraction of sp³-hybridized carbons (Fsp3) is 0.231. The molecule has 1 aliphatic heterocycles. The number of carbonyl (C=O) groups excluding carboxylic acids is 1. The molecule has 1 aliphatic rings. The third kappa shape index (κ3) is 1.53. The van der Waals surface area contributed by atoms with Gasteiger partial charge in [0.05, 0.1) is 24.0 Å². The van der Waals surface area contributed by atoms with Crippen LogP contribution in [0.15, 0.2) is 30.3 Å². The lowest BCUT2D eigenvalue weighted by Crippen LogP contribution is -2.28. The van der Waals surface area contributed by atoms with Gasteiger partial charge in [0.1, 0.15) is 0 Å². The molecule has 0 saturated carbocycles. The van der Waals surface area contributed by atoms with E-state index in [4.69, 9.17) is 4.74 Å². The van der Waals surface area contributed by atoms with Crippen LogP contribution in [-0.2, 0) is 11.2 Å². The van der Waals surface area contributed by atoms with E-state index in [1.807, 2.05) is 30.3 Å². The Kier molecular flexibility index (Phi) is 2.21. The van der Waals surface area contributed by atoms with Crippen molar-refractivity contribution in [2.24, 2.45) is 0 Å². The Bertz CT molecular complexity index is 595. The molecule has 2 heterocycles. The van der Waals surface area contributed by atoms with Gasteiger partial charge in [-0.05, 0) is 12.1 Å². The smallest absolute Gasteiger partial charge is 0.414 e. The van der Waals surface area contributed by atoms with Crippen molar-refractivity contribution in [3.05, 3.63) is 36.0 Å². The van der Waals surface area contributed by atoms with E-state index in [-0.39, 0.29) is 6.09 Å². The van der Waals surface area contributed by atoms with E-state index in [2.05, 4.69) is 4.98 Å². The number of hydrogen-bond acceptors (Lipinski definition) is 3. The third-order valence-corrected chi connectivity index (χ3v) is 3.04. The molecular formula is C13H12N2O2. The molecule has 0 radical (unpaired) electrons. The molecule has 4 heteroatoms. The van der Waals surface area contributed by atoms with Gasteiger partial charge >= 0.3 is 6.09 Å². The molecule has 4 nitrogen and oxygen atoms in total. The zero-order valence-corrected chi connectivity index (χ0v) is 9.51. The Balaban J connectivity index is 2.15. The summed E-state index contributed by atoms with van der Waals surface area (Å²) in [4.78, 5) is 17.8. The van der Waals surface area contributed by atoms with E-state index in [9.17, 15) is 4.79 Å². The van der Waals surface area contributed by atoms with E-state index >= 15 is 0 Å². The summed E-state index contributed by atoms with van der Waals surface area (Å²) in [6.45, 7) is 0.644. The number of rotatable bonds is 0. The summed E-state index contributed by atoms with van der Waals surface area (Å²) in [5, 5.41) is 1.04. The predicted octanol–water partition coefficient (Wildman–Crippen LogP) is 2.36. The summed E-state index contributed by atoms with van der Waals surface area (Å²) in [5.41, 5.74) is 2.81. The average Bonchev–Trinajstić information content (AvgIpc) is 2.78. The third-order valence-electron chi connectivity index (χ3n) is 3.04. The molecule has 0 unspecified atom stereocenters. The second kappa shape index (κ2) is 3.73. The van der Waals surface area contributed by atoms with E-state index in [1.54, 1.807) is 4.90 Å². The number of amides is 1. The van der Waals surface area contributed by atoms with Crippen molar-refractivity contribution in [1.29, 1.82) is 0 Å². The molecule has 1 aromatic heterocycles. The first kappa shape index (κ1) is 10.1. The highest BCUT2D eigenvalue weighted by Crippen LogP contribution is 2.30. The number of hydrogen-bond donors (Lipinski definition) is 0. The van der Waals surface area contributed by atoms with Crippen LogP contribution in [0.3, 0.4) is 0 Å².